The average molecular weight is 328 g/mol. The number of cyclic esters (lactones) is 1. The summed E-state index contributed by atoms with van der Waals surface area (Å²) in [4.78, 5) is 24.4. The van der Waals surface area contributed by atoms with Crippen molar-refractivity contribution in [2.75, 3.05) is 30.3 Å². The SMILES string of the molecule is CC(=O)NC[C@@H]1CN(c2ccc(SCCO)c(F)c2)C(=O)O1. The lowest BCUT2D eigenvalue weighted by atomic mass is 10.2. The standard InChI is InChI=1S/C14H17FN2O4S/c1-9(19)16-7-11-8-17(14(20)21-11)10-2-3-13(12(15)6-10)22-5-4-18/h2-3,6,11,18H,4-5,7-8H2,1H3,(H,16,19)/t11-/m1/s1. The largest absolute Gasteiger partial charge is 0.442 e. The van der Waals surface area contributed by atoms with E-state index in [1.165, 1.54) is 29.7 Å². The molecule has 1 aliphatic rings. The number of thioether (sulfide) groups is 1. The first-order valence-corrected chi connectivity index (χ1v) is 7.75. The highest BCUT2D eigenvalue weighted by atomic mass is 32.2. The molecular formula is C14H17FN2O4S. The van der Waals surface area contributed by atoms with Crippen LogP contribution in [0.25, 0.3) is 0 Å². The van der Waals surface area contributed by atoms with Crippen LogP contribution in [-0.2, 0) is 9.53 Å². The fourth-order valence-corrected chi connectivity index (χ4v) is 2.70. The van der Waals surface area contributed by atoms with Crippen molar-refractivity contribution in [1.82, 2.24) is 5.32 Å². The van der Waals surface area contributed by atoms with E-state index in [9.17, 15) is 14.0 Å². The molecule has 120 valence electrons. The van der Waals surface area contributed by atoms with Crippen molar-refractivity contribution in [3.8, 4) is 0 Å². The molecule has 0 aromatic heterocycles. The summed E-state index contributed by atoms with van der Waals surface area (Å²) in [5.41, 5.74) is 0.404. The van der Waals surface area contributed by atoms with E-state index in [1.807, 2.05) is 0 Å². The molecule has 0 bridgehead atoms. The molecule has 1 aliphatic heterocycles. The Morgan fingerprint density at radius 3 is 3.00 bits per heavy atom. The van der Waals surface area contributed by atoms with Gasteiger partial charge < -0.3 is 15.2 Å². The second-order valence-electron chi connectivity index (χ2n) is 4.74. The summed E-state index contributed by atoms with van der Waals surface area (Å²) in [6.07, 6.45) is -1.02. The number of carbonyl (C=O) groups is 2. The van der Waals surface area contributed by atoms with Gasteiger partial charge in [0.2, 0.25) is 5.91 Å². The summed E-state index contributed by atoms with van der Waals surface area (Å²) >= 11 is 1.20. The minimum Gasteiger partial charge on any atom is -0.442 e. The fraction of sp³-hybridized carbons (Fsp3) is 0.429. The molecule has 1 aromatic rings. The zero-order valence-corrected chi connectivity index (χ0v) is 12.9. The van der Waals surface area contributed by atoms with Crippen molar-refractivity contribution in [3.05, 3.63) is 24.0 Å². The van der Waals surface area contributed by atoms with Crippen molar-refractivity contribution in [2.24, 2.45) is 0 Å². The lowest BCUT2D eigenvalue weighted by Gasteiger charge is -2.14. The number of nitrogens with zero attached hydrogens (tertiary/aromatic N) is 1. The van der Waals surface area contributed by atoms with Gasteiger partial charge in [-0.2, -0.15) is 0 Å². The first-order chi connectivity index (χ1) is 10.5. The molecule has 1 atom stereocenters. The highest BCUT2D eigenvalue weighted by molar-refractivity contribution is 7.99. The molecule has 22 heavy (non-hydrogen) atoms. The Morgan fingerprint density at radius 1 is 1.59 bits per heavy atom. The van der Waals surface area contributed by atoms with Crippen molar-refractivity contribution in [2.45, 2.75) is 17.9 Å². The normalized spacial score (nSPS) is 17.5. The molecule has 1 aromatic carbocycles. The molecule has 1 fully saturated rings. The lowest BCUT2D eigenvalue weighted by molar-refractivity contribution is -0.119. The van der Waals surface area contributed by atoms with Crippen LogP contribution in [0.3, 0.4) is 0 Å². The molecule has 0 unspecified atom stereocenters. The summed E-state index contributed by atoms with van der Waals surface area (Å²) < 4.78 is 19.1. The number of hydrogen-bond donors (Lipinski definition) is 2. The predicted molar refractivity (Wildman–Crippen MR) is 80.5 cm³/mol. The number of carbonyl (C=O) groups excluding carboxylic acids is 2. The summed E-state index contributed by atoms with van der Waals surface area (Å²) in [5.74, 6) is -0.249. The first-order valence-electron chi connectivity index (χ1n) is 6.77. The van der Waals surface area contributed by atoms with E-state index in [0.717, 1.165) is 0 Å². The third-order valence-electron chi connectivity index (χ3n) is 3.03. The van der Waals surface area contributed by atoms with E-state index in [2.05, 4.69) is 5.32 Å². The van der Waals surface area contributed by atoms with Crippen LogP contribution in [0.2, 0.25) is 0 Å². The smallest absolute Gasteiger partial charge is 0.414 e. The third kappa shape index (κ3) is 4.11. The molecule has 1 heterocycles. The summed E-state index contributed by atoms with van der Waals surface area (Å²) in [5, 5.41) is 11.3. The fourth-order valence-electron chi connectivity index (χ4n) is 2.03. The quantitative estimate of drug-likeness (QED) is 0.771. The minimum absolute atomic E-state index is 0.0326. The molecule has 2 rings (SSSR count). The van der Waals surface area contributed by atoms with Crippen molar-refractivity contribution in [3.63, 3.8) is 0 Å². The number of amides is 2. The minimum atomic E-state index is -0.564. The number of rotatable bonds is 6. The maximum Gasteiger partial charge on any atom is 0.414 e. The molecule has 6 nitrogen and oxygen atoms in total. The molecule has 0 aliphatic carbocycles. The number of ether oxygens (including phenoxy) is 1. The Labute approximate surface area is 131 Å². The van der Waals surface area contributed by atoms with Crippen molar-refractivity contribution < 1.29 is 23.8 Å². The number of anilines is 1. The molecule has 0 radical (unpaired) electrons. The maximum absolute atomic E-state index is 14.0. The van der Waals surface area contributed by atoms with Gasteiger partial charge in [0.1, 0.15) is 11.9 Å². The Kier molecular flexibility index (Phi) is 5.62. The molecule has 2 amide bonds. The van der Waals surface area contributed by atoms with Gasteiger partial charge in [0.15, 0.2) is 0 Å². The zero-order chi connectivity index (χ0) is 16.1. The Hall–Kier alpha value is -1.80. The summed E-state index contributed by atoms with van der Waals surface area (Å²) in [6.45, 7) is 1.83. The number of hydrogen-bond acceptors (Lipinski definition) is 5. The van der Waals surface area contributed by atoms with Gasteiger partial charge in [0, 0.05) is 17.6 Å². The lowest BCUT2D eigenvalue weighted by Crippen LogP contribution is -2.33. The molecular weight excluding hydrogens is 311 g/mol. The summed E-state index contributed by atoms with van der Waals surface area (Å²) in [6, 6.07) is 4.46. The second-order valence-corrected chi connectivity index (χ2v) is 5.88. The zero-order valence-electron chi connectivity index (χ0n) is 12.0. The Morgan fingerprint density at radius 2 is 2.36 bits per heavy atom. The number of nitrogens with one attached hydrogen (secondary N) is 1. The molecule has 1 saturated heterocycles. The van der Waals surface area contributed by atoms with Crippen molar-refractivity contribution in [1.29, 1.82) is 0 Å². The van der Waals surface area contributed by atoms with Gasteiger partial charge in [-0.1, -0.05) is 0 Å². The van der Waals surface area contributed by atoms with Gasteiger partial charge in [-0.3, -0.25) is 9.69 Å². The first kappa shape index (κ1) is 16.6. The van der Waals surface area contributed by atoms with Gasteiger partial charge >= 0.3 is 6.09 Å². The van der Waals surface area contributed by atoms with E-state index in [1.54, 1.807) is 12.1 Å². The number of halogens is 1. The second kappa shape index (κ2) is 7.46. The molecule has 2 N–H and O–H groups in total. The van der Waals surface area contributed by atoms with Crippen molar-refractivity contribution >= 4 is 29.4 Å². The third-order valence-corrected chi connectivity index (χ3v) is 4.06. The predicted octanol–water partition coefficient (Wildman–Crippen LogP) is 1.37. The van der Waals surface area contributed by atoms with E-state index in [0.29, 0.717) is 16.3 Å². The molecule has 0 saturated carbocycles. The van der Waals surface area contributed by atoms with E-state index in [4.69, 9.17) is 9.84 Å². The van der Waals surface area contributed by atoms with Crippen LogP contribution in [-0.4, -0.2) is 48.7 Å². The highest BCUT2D eigenvalue weighted by Gasteiger charge is 2.32. The molecule has 8 heteroatoms. The van der Waals surface area contributed by atoms with Crippen LogP contribution in [0.15, 0.2) is 23.1 Å². The van der Waals surface area contributed by atoms with Crippen LogP contribution in [0, 0.1) is 5.82 Å². The Balaban J connectivity index is 2.03. The topological polar surface area (TPSA) is 78.9 Å². The Bertz CT molecular complexity index is 570. The maximum atomic E-state index is 14.0. The van der Waals surface area contributed by atoms with Crippen LogP contribution in [0.1, 0.15) is 6.92 Å². The van der Waals surface area contributed by atoms with Crippen LogP contribution < -0.4 is 10.2 Å². The van der Waals surface area contributed by atoms with E-state index in [-0.39, 0.29) is 25.6 Å². The molecule has 0 spiro atoms. The van der Waals surface area contributed by atoms with Gasteiger partial charge in [0.25, 0.3) is 0 Å². The number of aliphatic hydroxyl groups excluding tert-OH is 1. The summed E-state index contributed by atoms with van der Waals surface area (Å²) in [7, 11) is 0. The number of benzene rings is 1. The monoisotopic (exact) mass is 328 g/mol. The van der Waals surface area contributed by atoms with Gasteiger partial charge in [0.05, 0.1) is 25.4 Å². The van der Waals surface area contributed by atoms with Gasteiger partial charge in [-0.25, -0.2) is 9.18 Å². The van der Waals surface area contributed by atoms with Crippen LogP contribution in [0.5, 0.6) is 0 Å². The highest BCUT2D eigenvalue weighted by Crippen LogP contribution is 2.28. The van der Waals surface area contributed by atoms with E-state index >= 15 is 0 Å². The van der Waals surface area contributed by atoms with Gasteiger partial charge in [-0.05, 0) is 18.2 Å². The van der Waals surface area contributed by atoms with Crippen LogP contribution in [0.4, 0.5) is 14.9 Å². The number of aliphatic hydroxyl groups is 1. The van der Waals surface area contributed by atoms with Crippen LogP contribution >= 0.6 is 11.8 Å². The van der Waals surface area contributed by atoms with E-state index < -0.39 is 18.0 Å². The average Bonchev–Trinajstić information content (AvgIpc) is 2.85. The van der Waals surface area contributed by atoms with Gasteiger partial charge in [-0.15, -0.1) is 11.8 Å².